The summed E-state index contributed by atoms with van der Waals surface area (Å²) < 4.78 is 67.3. The smallest absolute Gasteiger partial charge is 0.309 e. The number of hydrogen-bond acceptors (Lipinski definition) is 14. The molecule has 5 saturated heterocycles. The normalized spacial score (nSPS) is 51.2. The molecule has 0 amide bonds. The maximum Gasteiger partial charge on any atom is 0.309 e. The van der Waals surface area contributed by atoms with E-state index in [2.05, 4.69) is 13.0 Å². The lowest BCUT2D eigenvalue weighted by Gasteiger charge is -2.50. The van der Waals surface area contributed by atoms with Gasteiger partial charge in [0.2, 0.25) is 5.79 Å². The third-order valence-electron chi connectivity index (χ3n) is 14.2. The van der Waals surface area contributed by atoms with E-state index < -0.39 is 67.4 Å². The second kappa shape index (κ2) is 15.8. The number of fused-ring (bicyclic) bond motifs is 3. The van der Waals surface area contributed by atoms with Gasteiger partial charge in [0.15, 0.2) is 18.9 Å². The molecule has 6 heterocycles. The highest BCUT2D eigenvalue weighted by Gasteiger charge is 2.58. The second-order valence-corrected chi connectivity index (χ2v) is 17.6. The molecule has 0 aromatic heterocycles. The van der Waals surface area contributed by atoms with Crippen LogP contribution in [0.15, 0.2) is 23.5 Å². The molecule has 6 aliphatic heterocycles. The quantitative estimate of drug-likeness (QED) is 0.269. The first-order chi connectivity index (χ1) is 26.3. The van der Waals surface area contributed by atoms with Gasteiger partial charge in [0.25, 0.3) is 0 Å². The Labute approximate surface area is 324 Å². The number of rotatable bonds is 8. The first-order valence-electron chi connectivity index (χ1n) is 20.5. The summed E-state index contributed by atoms with van der Waals surface area (Å²) in [6, 6.07) is 0. The van der Waals surface area contributed by atoms with Crippen molar-refractivity contribution in [2.45, 2.75) is 184 Å². The number of aliphatic hydroxyl groups excluding tert-OH is 2. The Kier molecular flexibility index (Phi) is 11.5. The maximum absolute atomic E-state index is 13.7. The fourth-order valence-corrected chi connectivity index (χ4v) is 11.0. The Morgan fingerprint density at radius 1 is 0.836 bits per heavy atom. The van der Waals surface area contributed by atoms with Crippen LogP contribution in [0.2, 0.25) is 0 Å². The average molecular weight is 779 g/mol. The SMILES string of the molecule is CO[C@H]1C[C@H](O[C@H]2[C@@H](O)C[C@H](O[C@@H]3[C@@H](C)O[C@@H](O[C@H]4CC[C@@]5(C)C(=CC[C@H]6C(=O)O[C@@H]7CO[C@]8(C)OC=C(CC[C@@H]65)[C@H]78)C4)C[C@H]3OC)O[C@@H]2C)O[C@@H](C)[C@@H]1O. The van der Waals surface area contributed by atoms with E-state index in [1.165, 1.54) is 11.1 Å². The van der Waals surface area contributed by atoms with Crippen molar-refractivity contribution in [3.8, 4) is 0 Å². The highest BCUT2D eigenvalue weighted by molar-refractivity contribution is 5.74. The lowest BCUT2D eigenvalue weighted by molar-refractivity contribution is -0.337. The van der Waals surface area contributed by atoms with E-state index in [0.717, 1.165) is 32.1 Å². The molecule has 19 atom stereocenters. The van der Waals surface area contributed by atoms with E-state index in [4.69, 9.17) is 52.1 Å². The van der Waals surface area contributed by atoms with Crippen molar-refractivity contribution in [1.82, 2.24) is 0 Å². The summed E-state index contributed by atoms with van der Waals surface area (Å²) in [6.45, 7) is 10.2. The van der Waals surface area contributed by atoms with Gasteiger partial charge < -0.3 is 62.3 Å². The predicted octanol–water partition coefficient (Wildman–Crippen LogP) is 4.03. The molecule has 0 aromatic carbocycles. The van der Waals surface area contributed by atoms with Crippen molar-refractivity contribution < 1.29 is 67.1 Å². The Morgan fingerprint density at radius 2 is 1.51 bits per heavy atom. The molecule has 0 radical (unpaired) electrons. The van der Waals surface area contributed by atoms with Crippen molar-refractivity contribution in [1.29, 1.82) is 0 Å². The van der Waals surface area contributed by atoms with Gasteiger partial charge in [0.1, 0.15) is 24.4 Å². The second-order valence-electron chi connectivity index (χ2n) is 17.6. The minimum Gasteiger partial charge on any atom is -0.469 e. The molecule has 6 fully saturated rings. The van der Waals surface area contributed by atoms with Crippen molar-refractivity contribution in [2.75, 3.05) is 20.8 Å². The van der Waals surface area contributed by atoms with E-state index in [0.29, 0.717) is 25.9 Å². The van der Waals surface area contributed by atoms with Gasteiger partial charge >= 0.3 is 5.97 Å². The van der Waals surface area contributed by atoms with Crippen LogP contribution in [0.3, 0.4) is 0 Å². The summed E-state index contributed by atoms with van der Waals surface area (Å²) in [5, 5.41) is 21.5. The van der Waals surface area contributed by atoms with Crippen LogP contribution in [0, 0.1) is 23.2 Å². The minimum atomic E-state index is -0.866. The van der Waals surface area contributed by atoms with Gasteiger partial charge in [-0.15, -0.1) is 0 Å². The maximum atomic E-state index is 13.7. The molecule has 8 rings (SSSR count). The summed E-state index contributed by atoms with van der Waals surface area (Å²) in [5.41, 5.74) is 2.42. The van der Waals surface area contributed by atoms with Crippen LogP contribution in [0.4, 0.5) is 0 Å². The summed E-state index contributed by atoms with van der Waals surface area (Å²) >= 11 is 0. The zero-order valence-electron chi connectivity index (χ0n) is 33.3. The monoisotopic (exact) mass is 778 g/mol. The average Bonchev–Trinajstić information content (AvgIpc) is 3.66. The van der Waals surface area contributed by atoms with Crippen molar-refractivity contribution in [2.24, 2.45) is 23.2 Å². The number of carbonyl (C=O) groups is 1. The zero-order chi connectivity index (χ0) is 38.8. The van der Waals surface area contributed by atoms with Crippen LogP contribution in [0.1, 0.15) is 92.4 Å². The van der Waals surface area contributed by atoms with Crippen LogP contribution < -0.4 is 0 Å². The molecule has 1 saturated carbocycles. The Balaban J connectivity index is 0.851. The summed E-state index contributed by atoms with van der Waals surface area (Å²) in [7, 11) is 3.22. The number of hydrogen-bond donors (Lipinski definition) is 2. The minimum absolute atomic E-state index is 0.0253. The van der Waals surface area contributed by atoms with E-state index in [1.54, 1.807) is 21.1 Å². The summed E-state index contributed by atoms with van der Waals surface area (Å²) in [5.74, 6) is -0.920. The topological polar surface area (TPSA) is 159 Å². The molecule has 2 aliphatic carbocycles. The lowest BCUT2D eigenvalue weighted by atomic mass is 9.55. The molecule has 14 heteroatoms. The lowest BCUT2D eigenvalue weighted by Crippen LogP contribution is -2.56. The van der Waals surface area contributed by atoms with Crippen LogP contribution in [0.25, 0.3) is 0 Å². The molecule has 8 aliphatic rings. The first-order valence-corrected chi connectivity index (χ1v) is 20.5. The van der Waals surface area contributed by atoms with Gasteiger partial charge in [0.05, 0.1) is 67.4 Å². The highest BCUT2D eigenvalue weighted by atomic mass is 16.7. The van der Waals surface area contributed by atoms with Gasteiger partial charge in [-0.05, 0) is 76.2 Å². The Bertz CT molecular complexity index is 1440. The van der Waals surface area contributed by atoms with Crippen LogP contribution in [0.5, 0.6) is 0 Å². The van der Waals surface area contributed by atoms with Crippen molar-refractivity contribution in [3.05, 3.63) is 23.5 Å². The van der Waals surface area contributed by atoms with Crippen LogP contribution in [-0.4, -0.2) is 129 Å². The third kappa shape index (κ3) is 7.56. The molecule has 2 N–H and O–H groups in total. The van der Waals surface area contributed by atoms with Gasteiger partial charge in [-0.1, -0.05) is 18.6 Å². The summed E-state index contributed by atoms with van der Waals surface area (Å²) in [4.78, 5) is 13.7. The van der Waals surface area contributed by atoms with Gasteiger partial charge in [0, 0.05) is 40.4 Å². The van der Waals surface area contributed by atoms with Gasteiger partial charge in [-0.3, -0.25) is 4.79 Å². The van der Waals surface area contributed by atoms with Crippen LogP contribution >= 0.6 is 0 Å². The molecule has 0 spiro atoms. The number of ether oxygens (including phenoxy) is 11. The van der Waals surface area contributed by atoms with Gasteiger partial charge in [-0.2, -0.15) is 0 Å². The van der Waals surface area contributed by atoms with E-state index in [9.17, 15) is 15.0 Å². The molecule has 0 unspecified atom stereocenters. The standard InChI is InChI=1S/C41H62O14/c1-20-36(43)29(45-6)16-34(49-20)54-37-21(2)50-32(15-28(37)42)55-38-22(3)51-33(17-30(38)46-7)52-25-12-13-40(4)24(14-25)9-10-26-27(40)11-8-23-18-47-41(5)35(23)31(19-48-41)53-39(26)44/h9,18,20-22,25-38,42-43H,8,10-17,19H2,1-7H3/t20-,21+,22+,25-,26+,27-,28-,29-,30+,31+,32-,33-,34-,35+,36-,37+,38+,40-,41-/m0/s1. The van der Waals surface area contributed by atoms with E-state index in [-0.39, 0.29) is 60.0 Å². The number of methoxy groups -OCH3 is 2. The number of allylic oxidation sites excluding steroid dienone is 1. The summed E-state index contributed by atoms with van der Waals surface area (Å²) in [6.07, 6.45) is 3.21. The number of aliphatic hydroxyl groups is 2. The van der Waals surface area contributed by atoms with Crippen molar-refractivity contribution >= 4 is 5.97 Å². The molecule has 310 valence electrons. The van der Waals surface area contributed by atoms with Crippen LogP contribution in [-0.2, 0) is 56.9 Å². The fourth-order valence-electron chi connectivity index (χ4n) is 11.0. The zero-order valence-corrected chi connectivity index (χ0v) is 33.3. The molecule has 55 heavy (non-hydrogen) atoms. The number of esters is 1. The fraction of sp³-hybridized carbons (Fsp3) is 0.878. The highest BCUT2D eigenvalue weighted by Crippen LogP contribution is 2.57. The Hall–Kier alpha value is -1.69. The predicted molar refractivity (Wildman–Crippen MR) is 193 cm³/mol. The molecular weight excluding hydrogens is 716 g/mol. The molecular formula is C41H62O14. The molecule has 0 aromatic rings. The van der Waals surface area contributed by atoms with E-state index >= 15 is 0 Å². The van der Waals surface area contributed by atoms with E-state index in [1.807, 2.05) is 27.0 Å². The largest absolute Gasteiger partial charge is 0.469 e. The van der Waals surface area contributed by atoms with Crippen molar-refractivity contribution in [3.63, 3.8) is 0 Å². The van der Waals surface area contributed by atoms with Gasteiger partial charge in [-0.25, -0.2) is 0 Å². The first kappa shape index (κ1) is 40.1. The Morgan fingerprint density at radius 3 is 2.25 bits per heavy atom. The molecule has 14 nitrogen and oxygen atoms in total. The third-order valence-corrected chi connectivity index (χ3v) is 14.2. The number of carbonyl (C=O) groups excluding carboxylic acids is 1. The molecule has 0 bridgehead atoms.